The number of rotatable bonds is 6. The largest absolute Gasteiger partial charge is 0.467 e. The van der Waals surface area contributed by atoms with Gasteiger partial charge in [-0.25, -0.2) is 4.39 Å². The van der Waals surface area contributed by atoms with Crippen LogP contribution in [0.15, 0.2) is 81.5 Å². The van der Waals surface area contributed by atoms with Crippen molar-refractivity contribution in [2.45, 2.75) is 18.2 Å². The Morgan fingerprint density at radius 2 is 1.90 bits per heavy atom. The van der Waals surface area contributed by atoms with Crippen molar-refractivity contribution < 1.29 is 13.6 Å². The van der Waals surface area contributed by atoms with Gasteiger partial charge in [0, 0.05) is 5.02 Å². The van der Waals surface area contributed by atoms with E-state index in [2.05, 4.69) is 10.2 Å². The molecule has 152 valence electrons. The maximum Gasteiger partial charge on any atom is 0.242 e. The molecule has 2 heterocycles. The zero-order valence-electron chi connectivity index (χ0n) is 15.7. The van der Waals surface area contributed by atoms with Crippen LogP contribution in [0.1, 0.15) is 16.9 Å². The molecule has 30 heavy (non-hydrogen) atoms. The monoisotopic (exact) mass is 441 g/mol. The summed E-state index contributed by atoms with van der Waals surface area (Å²) in [7, 11) is 0. The van der Waals surface area contributed by atoms with E-state index in [1.54, 1.807) is 53.8 Å². The Morgan fingerprint density at radius 1 is 1.13 bits per heavy atom. The molecule has 0 radical (unpaired) electrons. The Balaban J connectivity index is 1.54. The van der Waals surface area contributed by atoms with Crippen molar-refractivity contribution in [3.63, 3.8) is 0 Å². The molecule has 4 rings (SSSR count). The van der Waals surface area contributed by atoms with E-state index in [0.717, 1.165) is 11.1 Å². The van der Waals surface area contributed by atoms with Crippen molar-refractivity contribution in [2.75, 3.05) is 0 Å². The number of halogens is 2. The highest BCUT2D eigenvalue weighted by molar-refractivity contribution is 8.15. The molecular formula is C22H17ClFN3O2S. The maximum atomic E-state index is 13.2. The van der Waals surface area contributed by atoms with Gasteiger partial charge in [-0.1, -0.05) is 47.6 Å². The Morgan fingerprint density at radius 3 is 2.60 bits per heavy atom. The number of hydrogen-bond donors (Lipinski definition) is 0. The highest BCUT2D eigenvalue weighted by Gasteiger charge is 2.38. The summed E-state index contributed by atoms with van der Waals surface area (Å²) in [5, 5.41) is 9.19. The second kappa shape index (κ2) is 9.28. The lowest BCUT2D eigenvalue weighted by Gasteiger charge is -2.14. The molecule has 1 unspecified atom stereocenters. The number of thioether (sulfide) groups is 1. The van der Waals surface area contributed by atoms with Crippen molar-refractivity contribution in [1.29, 1.82) is 0 Å². The van der Waals surface area contributed by atoms with Gasteiger partial charge in [0.1, 0.15) is 11.6 Å². The first-order chi connectivity index (χ1) is 14.6. The number of amides is 1. The first-order valence-corrected chi connectivity index (χ1v) is 10.5. The number of carbonyl (C=O) groups excluding carboxylic acids is 1. The quantitative estimate of drug-likeness (QED) is 0.392. The molecule has 3 aromatic rings. The lowest BCUT2D eigenvalue weighted by Crippen LogP contribution is -2.32. The van der Waals surface area contributed by atoms with Gasteiger partial charge in [0.2, 0.25) is 5.91 Å². The van der Waals surface area contributed by atoms with E-state index in [1.807, 2.05) is 12.1 Å². The van der Waals surface area contributed by atoms with E-state index >= 15 is 0 Å². The fraction of sp³-hybridized carbons (Fsp3) is 0.136. The zero-order valence-corrected chi connectivity index (χ0v) is 17.3. The minimum Gasteiger partial charge on any atom is -0.467 e. The maximum absolute atomic E-state index is 13.2. The van der Waals surface area contributed by atoms with Crippen LogP contribution >= 0.6 is 23.4 Å². The highest BCUT2D eigenvalue weighted by atomic mass is 35.5. The van der Waals surface area contributed by atoms with Gasteiger partial charge in [0.25, 0.3) is 0 Å². The summed E-state index contributed by atoms with van der Waals surface area (Å²) in [4.78, 5) is 14.6. The summed E-state index contributed by atoms with van der Waals surface area (Å²) in [6.07, 6.45) is 3.64. The topological polar surface area (TPSA) is 58.2 Å². The number of nitrogens with zero attached hydrogens (tertiary/aromatic N) is 3. The highest BCUT2D eigenvalue weighted by Crippen LogP contribution is 2.31. The lowest BCUT2D eigenvalue weighted by molar-refractivity contribution is -0.126. The molecule has 0 N–H and O–H groups in total. The third kappa shape index (κ3) is 4.98. The Labute approximate surface area is 182 Å². The predicted molar refractivity (Wildman–Crippen MR) is 117 cm³/mol. The fourth-order valence-electron chi connectivity index (χ4n) is 2.95. The van der Waals surface area contributed by atoms with Gasteiger partial charge in [-0.2, -0.15) is 5.10 Å². The minimum atomic E-state index is -0.366. The molecule has 2 aromatic carbocycles. The molecule has 1 saturated heterocycles. The molecule has 1 atom stereocenters. The first-order valence-electron chi connectivity index (χ1n) is 9.20. The molecule has 1 aromatic heterocycles. The summed E-state index contributed by atoms with van der Waals surface area (Å²) in [5.41, 5.74) is 1.73. The van der Waals surface area contributed by atoms with Crippen LogP contribution in [0.2, 0.25) is 5.02 Å². The average Bonchev–Trinajstić information content (AvgIpc) is 3.35. The van der Waals surface area contributed by atoms with Crippen LogP contribution in [0, 0.1) is 5.82 Å². The summed E-state index contributed by atoms with van der Waals surface area (Å²) < 4.78 is 18.6. The summed E-state index contributed by atoms with van der Waals surface area (Å²) in [6, 6.07) is 16.9. The van der Waals surface area contributed by atoms with Crippen molar-refractivity contribution in [3.8, 4) is 0 Å². The molecule has 5 nitrogen and oxygen atoms in total. The Hall–Kier alpha value is -2.90. The molecule has 0 spiro atoms. The van der Waals surface area contributed by atoms with Crippen LogP contribution in [-0.2, 0) is 17.8 Å². The molecule has 0 aliphatic carbocycles. The van der Waals surface area contributed by atoms with Gasteiger partial charge in [-0.05, 0) is 53.9 Å². The smallest absolute Gasteiger partial charge is 0.242 e. The molecule has 0 bridgehead atoms. The average molecular weight is 442 g/mol. The summed E-state index contributed by atoms with van der Waals surface area (Å²) in [6.45, 7) is 0.272. The lowest BCUT2D eigenvalue weighted by atomic mass is 10.1. The standard InChI is InChI=1S/C22H17ClFN3O2S/c23-17-7-3-16(4-8-17)13-25-26-22-27(14-19-2-1-11-29-19)21(28)20(30-22)12-15-5-9-18(24)10-6-15/h1-11,13,20H,12,14H2/b25-13-,26-22-. The van der Waals surface area contributed by atoms with E-state index in [1.165, 1.54) is 23.9 Å². The van der Waals surface area contributed by atoms with E-state index in [4.69, 9.17) is 16.0 Å². The second-order valence-corrected chi connectivity index (χ2v) is 8.23. The van der Waals surface area contributed by atoms with Gasteiger partial charge >= 0.3 is 0 Å². The summed E-state index contributed by atoms with van der Waals surface area (Å²) >= 11 is 7.24. The van der Waals surface area contributed by atoms with Gasteiger partial charge < -0.3 is 4.42 Å². The minimum absolute atomic E-state index is 0.0823. The third-order valence-corrected chi connectivity index (χ3v) is 5.89. The van der Waals surface area contributed by atoms with Crippen LogP contribution < -0.4 is 0 Å². The first kappa shape index (κ1) is 20.4. The summed E-state index contributed by atoms with van der Waals surface area (Å²) in [5.74, 6) is 0.268. The number of benzene rings is 2. The molecular weight excluding hydrogens is 425 g/mol. The van der Waals surface area contributed by atoms with Gasteiger partial charge in [-0.3, -0.25) is 9.69 Å². The molecule has 0 saturated carbocycles. The number of carbonyl (C=O) groups is 1. The zero-order chi connectivity index (χ0) is 20.9. The van der Waals surface area contributed by atoms with E-state index in [-0.39, 0.29) is 23.5 Å². The van der Waals surface area contributed by atoms with Crippen LogP contribution in [0.3, 0.4) is 0 Å². The number of furan rings is 1. The fourth-order valence-corrected chi connectivity index (χ4v) is 4.21. The molecule has 8 heteroatoms. The van der Waals surface area contributed by atoms with Crippen LogP contribution in [-0.4, -0.2) is 27.4 Å². The van der Waals surface area contributed by atoms with E-state index < -0.39 is 0 Å². The molecule has 1 aliphatic rings. The normalized spacial score (nSPS) is 18.1. The molecule has 1 aliphatic heterocycles. The number of amidine groups is 1. The van der Waals surface area contributed by atoms with E-state index in [9.17, 15) is 9.18 Å². The van der Waals surface area contributed by atoms with Gasteiger partial charge in [0.15, 0.2) is 5.17 Å². The van der Waals surface area contributed by atoms with Crippen molar-refractivity contribution in [3.05, 3.63) is 94.7 Å². The third-order valence-electron chi connectivity index (χ3n) is 4.47. The molecule has 1 fully saturated rings. The Bertz CT molecular complexity index is 1070. The van der Waals surface area contributed by atoms with Crippen LogP contribution in [0.4, 0.5) is 4.39 Å². The van der Waals surface area contributed by atoms with Gasteiger partial charge in [-0.15, -0.1) is 5.10 Å². The number of hydrogen-bond acceptors (Lipinski definition) is 5. The van der Waals surface area contributed by atoms with Crippen LogP contribution in [0.25, 0.3) is 0 Å². The SMILES string of the molecule is O=C1C(Cc2ccc(F)cc2)S/C(=N\N=C/c2ccc(Cl)cc2)N1Cc1ccco1. The van der Waals surface area contributed by atoms with E-state index in [0.29, 0.717) is 22.4 Å². The Kier molecular flexibility index (Phi) is 6.30. The van der Waals surface area contributed by atoms with Crippen molar-refractivity contribution in [1.82, 2.24) is 4.90 Å². The predicted octanol–water partition coefficient (Wildman–Crippen LogP) is 5.15. The van der Waals surface area contributed by atoms with Crippen molar-refractivity contribution >= 4 is 40.7 Å². The van der Waals surface area contributed by atoms with Crippen LogP contribution in [0.5, 0.6) is 0 Å². The van der Waals surface area contributed by atoms with Gasteiger partial charge in [0.05, 0.1) is 24.3 Å². The molecule has 1 amide bonds. The second-order valence-electron chi connectivity index (χ2n) is 6.62. The van der Waals surface area contributed by atoms with Crippen molar-refractivity contribution in [2.24, 2.45) is 10.2 Å².